The Morgan fingerprint density at radius 1 is 1.55 bits per heavy atom. The first kappa shape index (κ1) is 15.5. The molecule has 1 aliphatic carbocycles. The predicted molar refractivity (Wildman–Crippen MR) is 80.2 cm³/mol. The number of hydrogen-bond donors (Lipinski definition) is 1. The zero-order chi connectivity index (χ0) is 14.6. The largest absolute Gasteiger partial charge is 0.380 e. The molecule has 0 saturated heterocycles. The van der Waals surface area contributed by atoms with Crippen LogP contribution in [0.2, 0.25) is 0 Å². The molecule has 0 bridgehead atoms. The van der Waals surface area contributed by atoms with Gasteiger partial charge in [-0.3, -0.25) is 4.21 Å². The highest BCUT2D eigenvalue weighted by molar-refractivity contribution is 7.85. The van der Waals surface area contributed by atoms with E-state index in [0.29, 0.717) is 19.7 Å². The predicted octanol–water partition coefficient (Wildman–Crippen LogP) is 1.28. The number of rotatable bonds is 5. The summed E-state index contributed by atoms with van der Waals surface area (Å²) in [7, 11) is 0.810. The molecule has 0 aromatic carbocycles. The van der Waals surface area contributed by atoms with Gasteiger partial charge in [-0.25, -0.2) is 4.79 Å². The molecule has 5 nitrogen and oxygen atoms in total. The van der Waals surface area contributed by atoms with Gasteiger partial charge in [0.1, 0.15) is 0 Å². The van der Waals surface area contributed by atoms with E-state index in [4.69, 9.17) is 4.74 Å². The Bertz CT molecular complexity index is 419. The van der Waals surface area contributed by atoms with Gasteiger partial charge in [0, 0.05) is 43.8 Å². The molecule has 0 aromatic rings. The summed E-state index contributed by atoms with van der Waals surface area (Å²) in [5, 5.41) is 2.96. The monoisotopic (exact) mass is 300 g/mol. The SMILES string of the molecule is COCC1=CCN(C(=O)NCC2(S(C)=O)CCC2)CC1. The van der Waals surface area contributed by atoms with Crippen molar-refractivity contribution in [3.05, 3.63) is 11.6 Å². The van der Waals surface area contributed by atoms with Gasteiger partial charge >= 0.3 is 6.03 Å². The van der Waals surface area contributed by atoms with E-state index in [9.17, 15) is 9.00 Å². The first-order valence-corrected chi connectivity index (χ1v) is 8.66. The van der Waals surface area contributed by atoms with E-state index in [0.717, 1.165) is 32.2 Å². The fourth-order valence-electron chi connectivity index (χ4n) is 2.70. The van der Waals surface area contributed by atoms with Gasteiger partial charge in [-0.1, -0.05) is 12.5 Å². The average Bonchev–Trinajstić information content (AvgIpc) is 2.38. The lowest BCUT2D eigenvalue weighted by Crippen LogP contribution is -2.53. The lowest BCUT2D eigenvalue weighted by atomic mass is 9.84. The van der Waals surface area contributed by atoms with Gasteiger partial charge in [0.05, 0.1) is 11.4 Å². The fraction of sp³-hybridized carbons (Fsp3) is 0.786. The van der Waals surface area contributed by atoms with Gasteiger partial charge in [0.25, 0.3) is 0 Å². The summed E-state index contributed by atoms with van der Waals surface area (Å²) >= 11 is 0. The second kappa shape index (κ2) is 6.72. The minimum atomic E-state index is -0.874. The molecule has 0 radical (unpaired) electrons. The van der Waals surface area contributed by atoms with Crippen molar-refractivity contribution >= 4 is 16.8 Å². The molecule has 1 saturated carbocycles. The van der Waals surface area contributed by atoms with E-state index in [1.807, 2.05) is 0 Å². The Hall–Kier alpha value is -0.880. The van der Waals surface area contributed by atoms with Gasteiger partial charge in [-0.2, -0.15) is 0 Å². The first-order valence-electron chi connectivity index (χ1n) is 7.10. The van der Waals surface area contributed by atoms with Crippen molar-refractivity contribution in [3.8, 4) is 0 Å². The maximum atomic E-state index is 12.1. The number of carbonyl (C=O) groups is 1. The second-order valence-corrected chi connectivity index (χ2v) is 7.42. The van der Waals surface area contributed by atoms with Crippen LogP contribution in [0.1, 0.15) is 25.7 Å². The van der Waals surface area contributed by atoms with Crippen LogP contribution in [-0.2, 0) is 15.5 Å². The Morgan fingerprint density at radius 2 is 2.30 bits per heavy atom. The molecule has 0 aromatic heterocycles. The normalized spacial score (nSPS) is 22.7. The van der Waals surface area contributed by atoms with Gasteiger partial charge < -0.3 is 15.0 Å². The van der Waals surface area contributed by atoms with Crippen LogP contribution < -0.4 is 5.32 Å². The molecule has 20 heavy (non-hydrogen) atoms. The number of carbonyl (C=O) groups excluding carboxylic acids is 1. The third-order valence-electron chi connectivity index (χ3n) is 4.36. The zero-order valence-electron chi connectivity index (χ0n) is 12.3. The van der Waals surface area contributed by atoms with Gasteiger partial charge in [0.2, 0.25) is 0 Å². The van der Waals surface area contributed by atoms with Crippen LogP contribution in [0.25, 0.3) is 0 Å². The van der Waals surface area contributed by atoms with E-state index < -0.39 is 10.8 Å². The first-order chi connectivity index (χ1) is 9.57. The van der Waals surface area contributed by atoms with Crippen LogP contribution in [0, 0.1) is 0 Å². The van der Waals surface area contributed by atoms with Crippen molar-refractivity contribution in [1.29, 1.82) is 0 Å². The highest BCUT2D eigenvalue weighted by atomic mass is 32.2. The van der Waals surface area contributed by atoms with Gasteiger partial charge in [0.15, 0.2) is 0 Å². The number of nitrogens with one attached hydrogen (secondary N) is 1. The molecule has 1 fully saturated rings. The van der Waals surface area contributed by atoms with E-state index in [1.54, 1.807) is 18.3 Å². The summed E-state index contributed by atoms with van der Waals surface area (Å²) in [5.41, 5.74) is 1.25. The highest BCUT2D eigenvalue weighted by Gasteiger charge is 2.41. The van der Waals surface area contributed by atoms with E-state index in [1.165, 1.54) is 5.57 Å². The molecule has 1 atom stereocenters. The maximum absolute atomic E-state index is 12.1. The zero-order valence-corrected chi connectivity index (χ0v) is 13.1. The van der Waals surface area contributed by atoms with Crippen LogP contribution in [-0.4, -0.2) is 59.5 Å². The Balaban J connectivity index is 1.80. The Labute approximate surface area is 123 Å². The third kappa shape index (κ3) is 3.41. The Morgan fingerprint density at radius 3 is 2.75 bits per heavy atom. The number of hydrogen-bond acceptors (Lipinski definition) is 3. The molecule has 1 unspecified atom stereocenters. The quantitative estimate of drug-likeness (QED) is 0.778. The topological polar surface area (TPSA) is 58.6 Å². The standard InChI is InChI=1S/C14H24N2O3S/c1-19-10-12-4-8-16(9-5-12)13(17)15-11-14(20(2)18)6-3-7-14/h4H,3,5-11H2,1-2H3,(H,15,17). The Kier molecular flexibility index (Phi) is 5.21. The van der Waals surface area contributed by atoms with Crippen LogP contribution in [0.4, 0.5) is 4.79 Å². The molecule has 6 heteroatoms. The number of nitrogens with zero attached hydrogens (tertiary/aromatic N) is 1. The molecule has 114 valence electrons. The average molecular weight is 300 g/mol. The van der Waals surface area contributed by atoms with Crippen molar-refractivity contribution in [3.63, 3.8) is 0 Å². The molecule has 2 amide bonds. The number of methoxy groups -OCH3 is 1. The van der Waals surface area contributed by atoms with Crippen LogP contribution in [0.15, 0.2) is 11.6 Å². The summed E-state index contributed by atoms with van der Waals surface area (Å²) < 4.78 is 16.7. The van der Waals surface area contributed by atoms with E-state index in [-0.39, 0.29) is 10.8 Å². The molecular formula is C14H24N2O3S. The smallest absolute Gasteiger partial charge is 0.317 e. The van der Waals surface area contributed by atoms with Crippen molar-refractivity contribution in [1.82, 2.24) is 10.2 Å². The summed E-state index contributed by atoms with van der Waals surface area (Å²) in [6.07, 6.45) is 7.69. The third-order valence-corrected chi connectivity index (χ3v) is 6.13. The van der Waals surface area contributed by atoms with Crippen molar-refractivity contribution < 1.29 is 13.7 Å². The van der Waals surface area contributed by atoms with Gasteiger partial charge in [-0.05, 0) is 24.8 Å². The summed E-state index contributed by atoms with van der Waals surface area (Å²) in [4.78, 5) is 13.9. The maximum Gasteiger partial charge on any atom is 0.317 e. The second-order valence-electron chi connectivity index (χ2n) is 5.64. The van der Waals surface area contributed by atoms with Crippen molar-refractivity contribution in [2.24, 2.45) is 0 Å². The molecule has 2 rings (SSSR count). The van der Waals surface area contributed by atoms with E-state index in [2.05, 4.69) is 11.4 Å². The van der Waals surface area contributed by atoms with E-state index >= 15 is 0 Å². The summed E-state index contributed by atoms with van der Waals surface area (Å²) in [5.74, 6) is 0. The highest BCUT2D eigenvalue weighted by Crippen LogP contribution is 2.36. The molecule has 1 heterocycles. The van der Waals surface area contributed by atoms with Crippen molar-refractivity contribution in [2.45, 2.75) is 30.4 Å². The van der Waals surface area contributed by atoms with Crippen LogP contribution in [0.3, 0.4) is 0 Å². The minimum Gasteiger partial charge on any atom is -0.380 e. The molecule has 1 N–H and O–H groups in total. The number of amides is 2. The van der Waals surface area contributed by atoms with Gasteiger partial charge in [-0.15, -0.1) is 0 Å². The minimum absolute atomic E-state index is 0.0468. The number of urea groups is 1. The van der Waals surface area contributed by atoms with Crippen LogP contribution >= 0.6 is 0 Å². The molecule has 2 aliphatic rings. The fourth-order valence-corrected chi connectivity index (χ4v) is 3.84. The molecular weight excluding hydrogens is 276 g/mol. The lowest BCUT2D eigenvalue weighted by molar-refractivity contribution is 0.191. The molecule has 0 spiro atoms. The lowest BCUT2D eigenvalue weighted by Gasteiger charge is -2.40. The summed E-state index contributed by atoms with van der Waals surface area (Å²) in [6.45, 7) is 2.53. The van der Waals surface area contributed by atoms with Crippen molar-refractivity contribution in [2.75, 3.05) is 39.6 Å². The summed E-state index contributed by atoms with van der Waals surface area (Å²) in [6, 6.07) is -0.0468. The number of ether oxygens (including phenoxy) is 1. The molecule has 1 aliphatic heterocycles. The van der Waals surface area contributed by atoms with Crippen LogP contribution in [0.5, 0.6) is 0 Å².